The summed E-state index contributed by atoms with van der Waals surface area (Å²) >= 11 is 0. The molecule has 2 heterocycles. The van der Waals surface area contributed by atoms with Crippen LogP contribution in [-0.2, 0) is 23.1 Å². The first-order valence-electron chi connectivity index (χ1n) is 9.66. The molecule has 1 aliphatic heterocycles. The van der Waals surface area contributed by atoms with E-state index in [9.17, 15) is 4.79 Å². The number of carbonyl (C=O) groups is 1. The highest BCUT2D eigenvalue weighted by Gasteiger charge is 2.25. The minimum atomic E-state index is -0.485. The van der Waals surface area contributed by atoms with E-state index in [1.807, 2.05) is 43.7 Å². The molecule has 0 spiro atoms. The lowest BCUT2D eigenvalue weighted by Crippen LogP contribution is -2.48. The van der Waals surface area contributed by atoms with Crippen LogP contribution in [0.2, 0.25) is 0 Å². The first-order chi connectivity index (χ1) is 14.1. The summed E-state index contributed by atoms with van der Waals surface area (Å²) in [6.45, 7) is 5.52. The summed E-state index contributed by atoms with van der Waals surface area (Å²) < 4.78 is 12.3. The van der Waals surface area contributed by atoms with E-state index in [1.54, 1.807) is 4.68 Å². The summed E-state index contributed by atoms with van der Waals surface area (Å²) in [5.41, 5.74) is 2.80. The Kier molecular flexibility index (Phi) is 9.37. The molecule has 1 aromatic carbocycles. The molecular formula is C20H29IN6O3. The lowest BCUT2D eigenvalue weighted by molar-refractivity contribution is -0.00805. The van der Waals surface area contributed by atoms with Gasteiger partial charge in [0.25, 0.3) is 0 Å². The van der Waals surface area contributed by atoms with Crippen molar-refractivity contribution >= 4 is 41.7 Å². The maximum absolute atomic E-state index is 11.3. The standard InChI is InChI=1S/C20H28N6O3.HI/c1-4-21-19(22-11-15-5-7-17(8-6-15)24-20(27)28-3)26-9-10-29-18(14-26)16-12-23-25(2)13-16;/h5-8,12-13,18H,4,9-11,14H2,1-3H3,(H,21,22)(H,24,27);1H. The number of nitrogens with one attached hydrogen (secondary N) is 2. The van der Waals surface area contributed by atoms with Gasteiger partial charge in [-0.3, -0.25) is 10.00 Å². The first-order valence-corrected chi connectivity index (χ1v) is 9.66. The largest absolute Gasteiger partial charge is 0.453 e. The van der Waals surface area contributed by atoms with E-state index in [0.717, 1.165) is 36.7 Å². The van der Waals surface area contributed by atoms with Crippen molar-refractivity contribution in [1.82, 2.24) is 20.0 Å². The number of anilines is 1. The average Bonchev–Trinajstić information content (AvgIpc) is 3.18. The Morgan fingerprint density at radius 3 is 2.77 bits per heavy atom. The molecule has 30 heavy (non-hydrogen) atoms. The van der Waals surface area contributed by atoms with E-state index in [1.165, 1.54) is 7.11 Å². The van der Waals surface area contributed by atoms with Gasteiger partial charge in [-0.05, 0) is 24.6 Å². The number of ether oxygens (including phenoxy) is 2. The third kappa shape index (κ3) is 6.59. The molecule has 1 atom stereocenters. The predicted octanol–water partition coefficient (Wildman–Crippen LogP) is 2.76. The minimum absolute atomic E-state index is 0. The van der Waals surface area contributed by atoms with Crippen LogP contribution in [-0.4, -0.2) is 60.1 Å². The number of rotatable bonds is 5. The predicted molar refractivity (Wildman–Crippen MR) is 126 cm³/mol. The highest BCUT2D eigenvalue weighted by atomic mass is 127. The number of guanidine groups is 1. The summed E-state index contributed by atoms with van der Waals surface area (Å²) in [7, 11) is 3.24. The topological polar surface area (TPSA) is 93.0 Å². The third-order valence-electron chi connectivity index (χ3n) is 4.59. The molecule has 2 aromatic rings. The number of halogens is 1. The van der Waals surface area contributed by atoms with Gasteiger partial charge in [-0.2, -0.15) is 5.10 Å². The zero-order valence-electron chi connectivity index (χ0n) is 17.5. The fourth-order valence-electron chi connectivity index (χ4n) is 3.10. The van der Waals surface area contributed by atoms with Crippen LogP contribution in [0.25, 0.3) is 0 Å². The number of benzene rings is 1. The molecule has 1 saturated heterocycles. The SMILES string of the molecule is CCNC(=NCc1ccc(NC(=O)OC)cc1)N1CCOC(c2cnn(C)c2)C1.I. The number of amides is 1. The van der Waals surface area contributed by atoms with Crippen molar-refractivity contribution < 1.29 is 14.3 Å². The van der Waals surface area contributed by atoms with Crippen molar-refractivity contribution in [2.24, 2.45) is 12.0 Å². The van der Waals surface area contributed by atoms with Crippen molar-refractivity contribution in [3.05, 3.63) is 47.8 Å². The smallest absolute Gasteiger partial charge is 0.411 e. The number of hydrogen-bond acceptors (Lipinski definition) is 5. The monoisotopic (exact) mass is 528 g/mol. The third-order valence-corrected chi connectivity index (χ3v) is 4.59. The summed E-state index contributed by atoms with van der Waals surface area (Å²) in [4.78, 5) is 18.3. The Morgan fingerprint density at radius 2 is 2.13 bits per heavy atom. The normalized spacial score (nSPS) is 16.6. The van der Waals surface area contributed by atoms with Gasteiger partial charge in [-0.25, -0.2) is 9.79 Å². The van der Waals surface area contributed by atoms with Crippen LogP contribution in [0.5, 0.6) is 0 Å². The number of aryl methyl sites for hydroxylation is 1. The molecule has 0 radical (unpaired) electrons. The molecule has 2 N–H and O–H groups in total. The van der Waals surface area contributed by atoms with E-state index in [0.29, 0.717) is 18.8 Å². The average molecular weight is 528 g/mol. The van der Waals surface area contributed by atoms with Gasteiger partial charge >= 0.3 is 6.09 Å². The second-order valence-corrected chi connectivity index (χ2v) is 6.74. The van der Waals surface area contributed by atoms with Gasteiger partial charge in [0.05, 0.1) is 33.0 Å². The van der Waals surface area contributed by atoms with Gasteiger partial charge in [0.1, 0.15) is 6.10 Å². The fourth-order valence-corrected chi connectivity index (χ4v) is 3.10. The molecule has 0 aliphatic carbocycles. The van der Waals surface area contributed by atoms with Crippen molar-refractivity contribution in [1.29, 1.82) is 0 Å². The van der Waals surface area contributed by atoms with Crippen LogP contribution in [0.3, 0.4) is 0 Å². The molecule has 0 saturated carbocycles. The zero-order valence-corrected chi connectivity index (χ0v) is 19.8. The second kappa shape index (κ2) is 11.7. The second-order valence-electron chi connectivity index (χ2n) is 6.74. The molecule has 1 unspecified atom stereocenters. The van der Waals surface area contributed by atoms with Gasteiger partial charge in [-0.15, -0.1) is 24.0 Å². The van der Waals surface area contributed by atoms with Crippen molar-refractivity contribution in [2.75, 3.05) is 38.7 Å². The number of carbonyl (C=O) groups excluding carboxylic acids is 1. The minimum Gasteiger partial charge on any atom is -0.453 e. The summed E-state index contributed by atoms with van der Waals surface area (Å²) in [6, 6.07) is 7.55. The van der Waals surface area contributed by atoms with Crippen molar-refractivity contribution in [3.63, 3.8) is 0 Å². The molecule has 164 valence electrons. The van der Waals surface area contributed by atoms with Gasteiger partial charge in [0.2, 0.25) is 0 Å². The van der Waals surface area contributed by atoms with E-state index in [-0.39, 0.29) is 30.1 Å². The zero-order chi connectivity index (χ0) is 20.6. The number of methoxy groups -OCH3 is 1. The lowest BCUT2D eigenvalue weighted by Gasteiger charge is -2.34. The van der Waals surface area contributed by atoms with E-state index in [4.69, 9.17) is 9.73 Å². The number of aliphatic imine (C=N–C) groups is 1. The van der Waals surface area contributed by atoms with Gasteiger partial charge in [0, 0.05) is 37.6 Å². The molecule has 1 amide bonds. The Balaban J connectivity index is 0.00000320. The van der Waals surface area contributed by atoms with Crippen molar-refractivity contribution in [3.8, 4) is 0 Å². The number of hydrogen-bond donors (Lipinski definition) is 2. The van der Waals surface area contributed by atoms with Crippen LogP contribution in [0.15, 0.2) is 41.7 Å². The molecule has 1 aliphatic rings. The van der Waals surface area contributed by atoms with Crippen molar-refractivity contribution in [2.45, 2.75) is 19.6 Å². The maximum Gasteiger partial charge on any atom is 0.411 e. The molecule has 10 heteroatoms. The molecule has 9 nitrogen and oxygen atoms in total. The highest BCUT2D eigenvalue weighted by molar-refractivity contribution is 14.0. The van der Waals surface area contributed by atoms with Gasteiger partial charge < -0.3 is 19.7 Å². The Hall–Kier alpha value is -2.34. The molecule has 1 fully saturated rings. The number of nitrogens with zero attached hydrogens (tertiary/aromatic N) is 4. The summed E-state index contributed by atoms with van der Waals surface area (Å²) in [5.74, 6) is 0.862. The van der Waals surface area contributed by atoms with E-state index >= 15 is 0 Å². The first kappa shape index (κ1) is 23.9. The summed E-state index contributed by atoms with van der Waals surface area (Å²) in [6.07, 6.45) is 3.33. The van der Waals surface area contributed by atoms with Crippen LogP contribution in [0.1, 0.15) is 24.2 Å². The van der Waals surface area contributed by atoms with Crippen LogP contribution in [0.4, 0.5) is 10.5 Å². The Morgan fingerprint density at radius 1 is 1.37 bits per heavy atom. The quantitative estimate of drug-likeness (QED) is 0.353. The van der Waals surface area contributed by atoms with Crippen LogP contribution >= 0.6 is 24.0 Å². The fraction of sp³-hybridized carbons (Fsp3) is 0.450. The Bertz CT molecular complexity index is 839. The van der Waals surface area contributed by atoms with Gasteiger partial charge in [0.15, 0.2) is 5.96 Å². The highest BCUT2D eigenvalue weighted by Crippen LogP contribution is 2.21. The van der Waals surface area contributed by atoms with E-state index in [2.05, 4.69) is 32.3 Å². The van der Waals surface area contributed by atoms with Crippen LogP contribution in [0, 0.1) is 0 Å². The lowest BCUT2D eigenvalue weighted by atomic mass is 10.1. The number of aromatic nitrogens is 2. The van der Waals surface area contributed by atoms with Crippen LogP contribution < -0.4 is 10.6 Å². The number of morpholine rings is 1. The molecule has 0 bridgehead atoms. The molecule has 1 aromatic heterocycles. The molecule has 3 rings (SSSR count). The summed E-state index contributed by atoms with van der Waals surface area (Å²) in [5, 5.41) is 10.3. The Labute approximate surface area is 193 Å². The maximum atomic E-state index is 11.3. The van der Waals surface area contributed by atoms with Gasteiger partial charge in [-0.1, -0.05) is 12.1 Å². The molecular weight excluding hydrogens is 499 g/mol. The van der Waals surface area contributed by atoms with E-state index < -0.39 is 6.09 Å².